The Morgan fingerprint density at radius 1 is 1.06 bits per heavy atom. The fourth-order valence-electron chi connectivity index (χ4n) is 4.47. The number of nitrogens with zero attached hydrogens (tertiary/aromatic N) is 3. The number of carbonyl (C=O) groups excluding carboxylic acids is 1. The topological polar surface area (TPSA) is 111 Å². The molecule has 1 aromatic carbocycles. The number of aromatic amines is 1. The highest BCUT2D eigenvalue weighted by molar-refractivity contribution is 5.93. The van der Waals surface area contributed by atoms with E-state index in [9.17, 15) is 4.79 Å². The van der Waals surface area contributed by atoms with Gasteiger partial charge in [0.1, 0.15) is 28.9 Å². The van der Waals surface area contributed by atoms with E-state index in [1.165, 1.54) is 0 Å². The molecule has 2 aliphatic heterocycles. The summed E-state index contributed by atoms with van der Waals surface area (Å²) in [4.78, 5) is 28.2. The number of methoxy groups -OCH3 is 1. The van der Waals surface area contributed by atoms with Crippen molar-refractivity contribution in [3.63, 3.8) is 0 Å². The highest BCUT2D eigenvalue weighted by Crippen LogP contribution is 2.37. The Morgan fingerprint density at radius 3 is 2.89 bits per heavy atom. The Bertz CT molecular complexity index is 1420. The van der Waals surface area contributed by atoms with Gasteiger partial charge in [-0.25, -0.2) is 15.0 Å². The van der Waals surface area contributed by atoms with Gasteiger partial charge in [-0.2, -0.15) is 0 Å². The van der Waals surface area contributed by atoms with Gasteiger partial charge in [-0.1, -0.05) is 0 Å². The van der Waals surface area contributed by atoms with E-state index in [1.807, 2.05) is 42.6 Å². The number of rotatable bonds is 5. The minimum absolute atomic E-state index is 0.0247. The number of hydrogen-bond acceptors (Lipinski definition) is 7. The molecule has 6 rings (SSSR count). The van der Waals surface area contributed by atoms with E-state index in [4.69, 9.17) is 14.2 Å². The summed E-state index contributed by atoms with van der Waals surface area (Å²) < 4.78 is 17.5. The smallest absolute Gasteiger partial charge is 0.225 e. The molecule has 1 amide bonds. The molecule has 1 unspecified atom stereocenters. The summed E-state index contributed by atoms with van der Waals surface area (Å²) in [7, 11) is 1.60. The van der Waals surface area contributed by atoms with Crippen LogP contribution in [0.25, 0.3) is 11.3 Å². The lowest BCUT2D eigenvalue weighted by molar-refractivity contribution is -0.116. The largest absolute Gasteiger partial charge is 0.493 e. The normalized spacial score (nSPS) is 16.5. The maximum Gasteiger partial charge on any atom is 0.225 e. The monoisotopic (exact) mass is 469 g/mol. The van der Waals surface area contributed by atoms with Gasteiger partial charge in [-0.05, 0) is 48.7 Å². The average Bonchev–Trinajstić information content (AvgIpc) is 3.39. The number of pyridine rings is 2. The van der Waals surface area contributed by atoms with Gasteiger partial charge in [0.05, 0.1) is 31.5 Å². The number of carbonyl (C=O) groups is 1. The van der Waals surface area contributed by atoms with E-state index in [0.29, 0.717) is 42.6 Å². The van der Waals surface area contributed by atoms with Crippen LogP contribution < -0.4 is 19.5 Å². The van der Waals surface area contributed by atoms with Crippen LogP contribution in [0, 0.1) is 0 Å². The Labute approximate surface area is 201 Å². The van der Waals surface area contributed by atoms with Gasteiger partial charge >= 0.3 is 0 Å². The number of hydrogen-bond donors (Lipinski definition) is 2. The minimum atomic E-state index is -0.0247. The molecule has 0 radical (unpaired) electrons. The second-order valence-electron chi connectivity index (χ2n) is 8.54. The van der Waals surface area contributed by atoms with E-state index >= 15 is 0 Å². The van der Waals surface area contributed by atoms with Crippen LogP contribution in [0.15, 0.2) is 55.0 Å². The molecule has 5 heterocycles. The maximum atomic E-state index is 11.7. The van der Waals surface area contributed by atoms with Crippen LogP contribution in [0.1, 0.15) is 29.3 Å². The molecule has 0 saturated carbocycles. The summed E-state index contributed by atoms with van der Waals surface area (Å²) >= 11 is 0. The molecule has 2 aliphatic rings. The zero-order chi connectivity index (χ0) is 23.8. The van der Waals surface area contributed by atoms with E-state index in [-0.39, 0.29) is 11.8 Å². The first-order valence-corrected chi connectivity index (χ1v) is 11.4. The highest BCUT2D eigenvalue weighted by atomic mass is 16.5. The van der Waals surface area contributed by atoms with Crippen LogP contribution in [-0.4, -0.2) is 39.6 Å². The van der Waals surface area contributed by atoms with Crippen LogP contribution in [0.5, 0.6) is 23.1 Å². The predicted molar refractivity (Wildman–Crippen MR) is 128 cm³/mol. The molecular formula is C26H23N5O4. The van der Waals surface area contributed by atoms with E-state index < -0.39 is 0 Å². The van der Waals surface area contributed by atoms with Crippen molar-refractivity contribution < 1.29 is 19.0 Å². The van der Waals surface area contributed by atoms with E-state index in [0.717, 1.165) is 40.4 Å². The van der Waals surface area contributed by atoms with Crippen LogP contribution in [-0.2, 0) is 17.6 Å². The maximum absolute atomic E-state index is 11.7. The molecule has 0 saturated heterocycles. The van der Waals surface area contributed by atoms with Gasteiger partial charge in [-0.15, -0.1) is 0 Å². The molecule has 4 aromatic rings. The van der Waals surface area contributed by atoms with E-state index in [2.05, 4.69) is 25.3 Å². The van der Waals surface area contributed by atoms with Crippen molar-refractivity contribution >= 4 is 11.7 Å². The summed E-state index contributed by atoms with van der Waals surface area (Å²) in [6.45, 7) is 0.539. The molecule has 0 fully saturated rings. The third-order valence-corrected chi connectivity index (χ3v) is 6.28. The zero-order valence-electron chi connectivity index (χ0n) is 19.1. The molecule has 0 aliphatic carbocycles. The summed E-state index contributed by atoms with van der Waals surface area (Å²) in [5.41, 5.74) is 3.83. The van der Waals surface area contributed by atoms with Crippen molar-refractivity contribution in [2.45, 2.75) is 25.2 Å². The number of benzene rings is 1. The number of ether oxygens (including phenoxy) is 3. The van der Waals surface area contributed by atoms with Gasteiger partial charge in [0.2, 0.25) is 11.8 Å². The first-order chi connectivity index (χ1) is 17.2. The molecule has 0 bridgehead atoms. The van der Waals surface area contributed by atoms with Gasteiger partial charge in [-0.3, -0.25) is 4.79 Å². The number of aromatic nitrogens is 4. The molecule has 3 aromatic heterocycles. The van der Waals surface area contributed by atoms with Crippen molar-refractivity contribution in [2.75, 3.05) is 19.0 Å². The third kappa shape index (κ3) is 4.16. The number of anilines is 1. The number of H-pyrrole nitrogens is 1. The number of fused-ring (bicyclic) bond motifs is 2. The molecule has 9 nitrogen and oxygen atoms in total. The Hall–Kier alpha value is -4.40. The van der Waals surface area contributed by atoms with Gasteiger partial charge in [0.15, 0.2) is 0 Å². The predicted octanol–water partition coefficient (Wildman–Crippen LogP) is 4.27. The Kier molecular flexibility index (Phi) is 5.29. The van der Waals surface area contributed by atoms with Gasteiger partial charge in [0, 0.05) is 36.0 Å². The fraction of sp³-hybridized carbons (Fsp3) is 0.231. The van der Waals surface area contributed by atoms with Gasteiger partial charge in [0.25, 0.3) is 0 Å². The quantitative estimate of drug-likeness (QED) is 0.449. The summed E-state index contributed by atoms with van der Waals surface area (Å²) in [6, 6.07) is 11.5. The van der Waals surface area contributed by atoms with Crippen molar-refractivity contribution in [3.8, 4) is 34.4 Å². The summed E-state index contributed by atoms with van der Waals surface area (Å²) in [5, 5.41) is 2.81. The van der Waals surface area contributed by atoms with Crippen molar-refractivity contribution in [2.24, 2.45) is 0 Å². The molecule has 176 valence electrons. The first-order valence-electron chi connectivity index (χ1n) is 11.4. The van der Waals surface area contributed by atoms with Crippen LogP contribution in [0.4, 0.5) is 5.82 Å². The lowest BCUT2D eigenvalue weighted by Gasteiger charge is -2.25. The summed E-state index contributed by atoms with van der Waals surface area (Å²) in [5.74, 6) is 4.31. The van der Waals surface area contributed by atoms with Crippen molar-refractivity contribution in [1.29, 1.82) is 0 Å². The second-order valence-corrected chi connectivity index (χ2v) is 8.54. The van der Waals surface area contributed by atoms with Crippen molar-refractivity contribution in [3.05, 3.63) is 71.9 Å². The lowest BCUT2D eigenvalue weighted by Crippen LogP contribution is -2.20. The molecule has 2 N–H and O–H groups in total. The molecule has 1 atom stereocenters. The Balaban J connectivity index is 1.22. The molecule has 0 spiro atoms. The zero-order valence-corrected chi connectivity index (χ0v) is 19.1. The molecular weight excluding hydrogens is 446 g/mol. The first kappa shape index (κ1) is 21.2. The second kappa shape index (κ2) is 8.75. The van der Waals surface area contributed by atoms with E-state index in [1.54, 1.807) is 19.5 Å². The van der Waals surface area contributed by atoms with Gasteiger partial charge < -0.3 is 24.5 Å². The van der Waals surface area contributed by atoms with Crippen molar-refractivity contribution in [1.82, 2.24) is 19.9 Å². The molecule has 35 heavy (non-hydrogen) atoms. The SMILES string of the molecule is COc1cc(-c2cnc(C3COc4ccc(Oc5ccnc6c5CCC(=O)N6)cc4C3)[nH]2)ccn1. The third-order valence-electron chi connectivity index (χ3n) is 6.28. The fourth-order valence-corrected chi connectivity index (χ4v) is 4.47. The standard InChI is InChI=1S/C26H23N5O4/c1-33-24-12-15(6-8-27-24)20-13-29-25(30-20)17-10-16-11-18(2-4-21(16)34-14-17)35-22-7-9-28-26-19(22)3-5-23(32)31-26/h2,4,6-9,11-13,17H,3,5,10,14H2,1H3,(H,29,30)(H,28,31,32). The summed E-state index contributed by atoms with van der Waals surface area (Å²) in [6.07, 6.45) is 6.97. The van der Waals surface area contributed by atoms with Crippen LogP contribution >= 0.6 is 0 Å². The van der Waals surface area contributed by atoms with Crippen LogP contribution in [0.2, 0.25) is 0 Å². The number of imidazole rings is 1. The highest BCUT2D eigenvalue weighted by Gasteiger charge is 2.25. The lowest BCUT2D eigenvalue weighted by atomic mass is 9.96. The average molecular weight is 470 g/mol. The van der Waals surface area contributed by atoms with Crippen LogP contribution in [0.3, 0.4) is 0 Å². The molecule has 9 heteroatoms. The number of amides is 1. The minimum Gasteiger partial charge on any atom is -0.493 e. The Morgan fingerprint density at radius 2 is 1.97 bits per heavy atom. The number of nitrogens with one attached hydrogen (secondary N) is 2.